The Morgan fingerprint density at radius 3 is 2.54 bits per heavy atom. The highest BCUT2D eigenvalue weighted by Crippen LogP contribution is 2.19. The van der Waals surface area contributed by atoms with Crippen molar-refractivity contribution >= 4 is 28.4 Å². The van der Waals surface area contributed by atoms with Gasteiger partial charge in [0.2, 0.25) is 5.91 Å². The van der Waals surface area contributed by atoms with Crippen LogP contribution in [0.1, 0.15) is 12.8 Å². The zero-order valence-corrected chi connectivity index (χ0v) is 15.7. The highest BCUT2D eigenvalue weighted by Gasteiger charge is 2.21. The Kier molecular flexibility index (Phi) is 4.97. The molecule has 1 aliphatic rings. The monoisotopic (exact) mass is 378 g/mol. The fourth-order valence-corrected chi connectivity index (χ4v) is 3.49. The zero-order valence-electron chi connectivity index (χ0n) is 15.7. The van der Waals surface area contributed by atoms with Crippen molar-refractivity contribution < 1.29 is 9.53 Å². The molecule has 1 amide bonds. The zero-order chi connectivity index (χ0) is 19.5. The summed E-state index contributed by atoms with van der Waals surface area (Å²) in [5.74, 6) is 0.869. The summed E-state index contributed by atoms with van der Waals surface area (Å²) < 4.78 is 6.63. The summed E-state index contributed by atoms with van der Waals surface area (Å²) in [6.07, 6.45) is 2.10. The molecular weight excluding hydrogens is 356 g/mol. The van der Waals surface area contributed by atoms with Crippen molar-refractivity contribution in [2.24, 2.45) is 0 Å². The predicted molar refractivity (Wildman–Crippen MR) is 109 cm³/mol. The van der Waals surface area contributed by atoms with Crippen LogP contribution in [0.5, 0.6) is 5.75 Å². The van der Waals surface area contributed by atoms with Gasteiger partial charge in [-0.25, -0.2) is 4.98 Å². The highest BCUT2D eigenvalue weighted by atomic mass is 16.5. The first-order chi connectivity index (χ1) is 13.7. The molecule has 144 valence electrons. The smallest absolute Gasteiger partial charge is 0.294 e. The van der Waals surface area contributed by atoms with E-state index in [1.165, 1.54) is 4.57 Å². The molecule has 0 spiro atoms. The van der Waals surface area contributed by atoms with E-state index in [1.54, 1.807) is 31.4 Å². The number of methoxy groups -OCH3 is 1. The van der Waals surface area contributed by atoms with Crippen molar-refractivity contribution in [3.63, 3.8) is 0 Å². The van der Waals surface area contributed by atoms with Gasteiger partial charge < -0.3 is 15.0 Å². The van der Waals surface area contributed by atoms with E-state index in [0.29, 0.717) is 28.3 Å². The number of anilines is 2. The first-order valence-electron chi connectivity index (χ1n) is 9.34. The van der Waals surface area contributed by atoms with Gasteiger partial charge in [-0.05, 0) is 49.2 Å². The van der Waals surface area contributed by atoms with Crippen molar-refractivity contribution in [3.8, 4) is 5.75 Å². The molecule has 1 aliphatic heterocycles. The lowest BCUT2D eigenvalue weighted by Gasteiger charge is -2.18. The molecule has 3 aromatic rings. The SMILES string of the molecule is COc1ccc(NC(=O)Cn2c(=O)c(N3CCCC3)nc3ccccc32)cc1. The standard InChI is InChI=1S/C21H22N4O3/c1-28-16-10-8-15(9-11-16)22-19(26)14-25-18-7-3-2-6-17(18)23-20(21(25)27)24-12-4-5-13-24/h2-3,6-11H,4-5,12-14H2,1H3,(H,22,26). The lowest BCUT2D eigenvalue weighted by atomic mass is 10.2. The normalized spacial score (nSPS) is 13.7. The van der Waals surface area contributed by atoms with Gasteiger partial charge in [0.15, 0.2) is 5.82 Å². The van der Waals surface area contributed by atoms with Gasteiger partial charge in [-0.1, -0.05) is 12.1 Å². The number of aromatic nitrogens is 2. The molecule has 0 saturated carbocycles. The number of nitrogens with one attached hydrogen (secondary N) is 1. The summed E-state index contributed by atoms with van der Waals surface area (Å²) in [6, 6.07) is 14.5. The first kappa shape index (κ1) is 18.0. The van der Waals surface area contributed by atoms with E-state index in [4.69, 9.17) is 4.74 Å². The molecule has 0 aliphatic carbocycles. The van der Waals surface area contributed by atoms with Crippen LogP contribution in [-0.4, -0.2) is 35.7 Å². The van der Waals surface area contributed by atoms with E-state index in [0.717, 1.165) is 25.9 Å². The lowest BCUT2D eigenvalue weighted by Crippen LogP contribution is -2.34. The number of hydrogen-bond donors (Lipinski definition) is 1. The van der Waals surface area contributed by atoms with Gasteiger partial charge in [0.05, 0.1) is 18.1 Å². The third kappa shape index (κ3) is 3.55. The maximum absolute atomic E-state index is 13.1. The Bertz CT molecular complexity index is 1050. The minimum Gasteiger partial charge on any atom is -0.497 e. The van der Waals surface area contributed by atoms with Crippen LogP contribution in [-0.2, 0) is 11.3 Å². The highest BCUT2D eigenvalue weighted by molar-refractivity contribution is 5.91. The Balaban J connectivity index is 1.65. The Morgan fingerprint density at radius 1 is 1.11 bits per heavy atom. The average molecular weight is 378 g/mol. The molecule has 0 radical (unpaired) electrons. The summed E-state index contributed by atoms with van der Waals surface area (Å²) in [4.78, 5) is 32.3. The number of nitrogens with zero attached hydrogens (tertiary/aromatic N) is 3. The van der Waals surface area contributed by atoms with Gasteiger partial charge in [-0.2, -0.15) is 0 Å². The number of benzene rings is 2. The van der Waals surface area contributed by atoms with E-state index < -0.39 is 0 Å². The van der Waals surface area contributed by atoms with Gasteiger partial charge in [0.1, 0.15) is 12.3 Å². The fraction of sp³-hybridized carbons (Fsp3) is 0.286. The Hall–Kier alpha value is -3.35. The largest absolute Gasteiger partial charge is 0.497 e. The second-order valence-electron chi connectivity index (χ2n) is 6.79. The van der Waals surface area contributed by atoms with Crippen LogP contribution in [0, 0.1) is 0 Å². The van der Waals surface area contributed by atoms with Gasteiger partial charge in [-0.3, -0.25) is 14.2 Å². The maximum Gasteiger partial charge on any atom is 0.294 e. The van der Waals surface area contributed by atoms with Gasteiger partial charge in [-0.15, -0.1) is 0 Å². The van der Waals surface area contributed by atoms with Crippen molar-refractivity contribution in [1.29, 1.82) is 0 Å². The molecule has 1 N–H and O–H groups in total. The number of amides is 1. The summed E-state index contributed by atoms with van der Waals surface area (Å²) >= 11 is 0. The summed E-state index contributed by atoms with van der Waals surface area (Å²) in [5.41, 5.74) is 1.78. The third-order valence-corrected chi connectivity index (χ3v) is 4.92. The second kappa shape index (κ2) is 7.72. The van der Waals surface area contributed by atoms with Crippen LogP contribution in [0.25, 0.3) is 11.0 Å². The molecule has 2 aromatic carbocycles. The van der Waals surface area contributed by atoms with Gasteiger partial charge in [0.25, 0.3) is 5.56 Å². The van der Waals surface area contributed by atoms with Crippen LogP contribution in [0.4, 0.5) is 11.5 Å². The number of hydrogen-bond acceptors (Lipinski definition) is 5. The van der Waals surface area contributed by atoms with Crippen LogP contribution in [0.2, 0.25) is 0 Å². The number of carbonyl (C=O) groups excluding carboxylic acids is 1. The molecule has 28 heavy (non-hydrogen) atoms. The van der Waals surface area contributed by atoms with Crippen LogP contribution in [0.15, 0.2) is 53.3 Å². The van der Waals surface area contributed by atoms with Crippen molar-refractivity contribution in [1.82, 2.24) is 9.55 Å². The van der Waals surface area contributed by atoms with E-state index in [1.807, 2.05) is 29.2 Å². The second-order valence-corrected chi connectivity index (χ2v) is 6.79. The Morgan fingerprint density at radius 2 is 1.82 bits per heavy atom. The first-order valence-corrected chi connectivity index (χ1v) is 9.34. The molecular formula is C21H22N4O3. The topological polar surface area (TPSA) is 76.5 Å². The van der Waals surface area contributed by atoms with Gasteiger partial charge >= 0.3 is 0 Å². The third-order valence-electron chi connectivity index (χ3n) is 4.92. The molecule has 1 fully saturated rings. The quantitative estimate of drug-likeness (QED) is 0.739. The number of rotatable bonds is 5. The molecule has 0 unspecified atom stereocenters. The molecule has 4 rings (SSSR count). The fourth-order valence-electron chi connectivity index (χ4n) is 3.49. The predicted octanol–water partition coefficient (Wildman–Crippen LogP) is 2.64. The van der Waals surface area contributed by atoms with Crippen molar-refractivity contribution in [2.45, 2.75) is 19.4 Å². The summed E-state index contributed by atoms with van der Waals surface area (Å²) in [5, 5.41) is 2.83. The lowest BCUT2D eigenvalue weighted by molar-refractivity contribution is -0.116. The van der Waals surface area contributed by atoms with Crippen molar-refractivity contribution in [2.75, 3.05) is 30.4 Å². The van der Waals surface area contributed by atoms with E-state index in [9.17, 15) is 9.59 Å². The molecule has 0 atom stereocenters. The summed E-state index contributed by atoms with van der Waals surface area (Å²) in [7, 11) is 1.59. The average Bonchev–Trinajstić information content (AvgIpc) is 3.25. The molecule has 0 bridgehead atoms. The van der Waals surface area contributed by atoms with Crippen LogP contribution < -0.4 is 20.5 Å². The number of para-hydroxylation sites is 2. The summed E-state index contributed by atoms with van der Waals surface area (Å²) in [6.45, 7) is 1.56. The number of fused-ring (bicyclic) bond motifs is 1. The molecule has 1 aromatic heterocycles. The van der Waals surface area contributed by atoms with E-state index >= 15 is 0 Å². The maximum atomic E-state index is 13.1. The molecule has 7 heteroatoms. The molecule has 2 heterocycles. The van der Waals surface area contributed by atoms with E-state index in [2.05, 4.69) is 10.3 Å². The molecule has 7 nitrogen and oxygen atoms in total. The van der Waals surface area contributed by atoms with Crippen LogP contribution in [0.3, 0.4) is 0 Å². The number of carbonyl (C=O) groups is 1. The van der Waals surface area contributed by atoms with Crippen molar-refractivity contribution in [3.05, 3.63) is 58.9 Å². The number of ether oxygens (including phenoxy) is 1. The van der Waals surface area contributed by atoms with E-state index in [-0.39, 0.29) is 18.0 Å². The van der Waals surface area contributed by atoms with Crippen LogP contribution >= 0.6 is 0 Å². The minimum atomic E-state index is -0.268. The van der Waals surface area contributed by atoms with Gasteiger partial charge in [0, 0.05) is 18.8 Å². The molecule has 1 saturated heterocycles. The Labute approximate surface area is 162 Å². The minimum absolute atomic E-state index is 0.0747.